The fraction of sp³-hybridized carbons (Fsp3) is 0.652. The van der Waals surface area contributed by atoms with Gasteiger partial charge in [-0.25, -0.2) is 0 Å². The molecule has 1 rings (SSSR count). The second-order valence-electron chi connectivity index (χ2n) is 7.61. The average Bonchev–Trinajstić information content (AvgIpc) is 2.69. The van der Waals surface area contributed by atoms with Crippen LogP contribution >= 0.6 is 0 Å². The smallest absolute Gasteiger partial charge is 0.131 e. The lowest BCUT2D eigenvalue weighted by Gasteiger charge is -2.35. The van der Waals surface area contributed by atoms with E-state index in [2.05, 4.69) is 83.3 Å². The molecule has 0 fully saturated rings. The zero-order chi connectivity index (χ0) is 18.8. The predicted molar refractivity (Wildman–Crippen MR) is 121 cm³/mol. The summed E-state index contributed by atoms with van der Waals surface area (Å²) in [5.41, 5.74) is 6.10. The van der Waals surface area contributed by atoms with Crippen LogP contribution in [0.5, 0.6) is 0 Å². The van der Waals surface area contributed by atoms with Gasteiger partial charge in [-0.1, -0.05) is 90.0 Å². The van der Waals surface area contributed by atoms with E-state index in [0.717, 1.165) is 0 Å². The molecule has 0 aliphatic rings. The predicted octanol–water partition coefficient (Wildman–Crippen LogP) is 7.55. The molecule has 0 bridgehead atoms. The average molecular weight is 373 g/mol. The molecule has 0 radical (unpaired) electrons. The molecule has 0 aromatic heterocycles. The Kier molecular flexibility index (Phi) is 9.83. The zero-order valence-electron chi connectivity index (χ0n) is 17.6. The minimum Gasteiger partial charge on any atom is -0.131 e. The minimum absolute atomic E-state index is 0.671. The third-order valence-electron chi connectivity index (χ3n) is 6.96. The van der Waals surface area contributed by atoms with Gasteiger partial charge in [-0.2, -0.15) is 0 Å². The third-order valence-corrected chi connectivity index (χ3v) is 17.8. The van der Waals surface area contributed by atoms with E-state index >= 15 is 0 Å². The first kappa shape index (κ1) is 22.3. The van der Waals surface area contributed by atoms with Gasteiger partial charge in [0.05, 0.1) is 8.07 Å². The Balaban J connectivity index is 3.11. The highest BCUT2D eigenvalue weighted by atomic mass is 28.3. The molecular formula is C23H40Si2. The van der Waals surface area contributed by atoms with Gasteiger partial charge in [-0.3, -0.25) is 0 Å². The summed E-state index contributed by atoms with van der Waals surface area (Å²) in [6.07, 6.45) is 2.45. The van der Waals surface area contributed by atoms with Crippen LogP contribution in [0.15, 0.2) is 30.3 Å². The molecule has 0 spiro atoms. The SMILES string of the molecule is CC[Si](C#CC(CCc1ccccc1)[Si](CC)(CC)CC)(CC)CC. The number of rotatable bonds is 10. The highest BCUT2D eigenvalue weighted by molar-refractivity contribution is 6.87. The molecule has 1 aromatic rings. The number of hydrogen-bond donors (Lipinski definition) is 0. The van der Waals surface area contributed by atoms with Crippen molar-refractivity contribution in [1.29, 1.82) is 0 Å². The van der Waals surface area contributed by atoms with Crippen LogP contribution in [0.2, 0.25) is 41.8 Å². The Hall–Kier alpha value is -0.786. The molecule has 1 aromatic carbocycles. The van der Waals surface area contributed by atoms with Crippen molar-refractivity contribution in [2.75, 3.05) is 0 Å². The van der Waals surface area contributed by atoms with Crippen LogP contribution in [0.25, 0.3) is 0 Å². The highest BCUT2D eigenvalue weighted by Crippen LogP contribution is 2.36. The normalized spacial score (nSPS) is 13.2. The second kappa shape index (κ2) is 11.0. The molecule has 25 heavy (non-hydrogen) atoms. The van der Waals surface area contributed by atoms with E-state index in [0.29, 0.717) is 5.54 Å². The molecule has 0 saturated carbocycles. The van der Waals surface area contributed by atoms with Gasteiger partial charge in [-0.15, -0.1) is 11.5 Å². The van der Waals surface area contributed by atoms with E-state index < -0.39 is 16.1 Å². The topological polar surface area (TPSA) is 0 Å². The van der Waals surface area contributed by atoms with E-state index in [-0.39, 0.29) is 0 Å². The lowest BCUT2D eigenvalue weighted by molar-refractivity contribution is 0.811. The number of benzene rings is 1. The molecule has 140 valence electrons. The Morgan fingerprint density at radius 1 is 0.760 bits per heavy atom. The van der Waals surface area contributed by atoms with Crippen molar-refractivity contribution in [2.45, 2.75) is 96.2 Å². The van der Waals surface area contributed by atoms with Crippen molar-refractivity contribution in [3.05, 3.63) is 35.9 Å². The van der Waals surface area contributed by atoms with Gasteiger partial charge >= 0.3 is 0 Å². The van der Waals surface area contributed by atoms with Gasteiger partial charge < -0.3 is 0 Å². The first-order valence-electron chi connectivity index (χ1n) is 10.6. The highest BCUT2D eigenvalue weighted by Gasteiger charge is 2.35. The molecule has 0 heterocycles. The maximum absolute atomic E-state index is 3.95. The lowest BCUT2D eigenvalue weighted by Crippen LogP contribution is -2.38. The fourth-order valence-corrected chi connectivity index (χ4v) is 11.0. The molecule has 1 unspecified atom stereocenters. The fourth-order valence-electron chi connectivity index (χ4n) is 4.23. The molecule has 0 saturated heterocycles. The van der Waals surface area contributed by atoms with Crippen LogP contribution in [0.4, 0.5) is 0 Å². The van der Waals surface area contributed by atoms with Crippen molar-refractivity contribution < 1.29 is 0 Å². The molecule has 0 nitrogen and oxygen atoms in total. The van der Waals surface area contributed by atoms with Gasteiger partial charge in [0.15, 0.2) is 0 Å². The first-order valence-corrected chi connectivity index (χ1v) is 15.9. The van der Waals surface area contributed by atoms with Gasteiger partial charge in [-0.05, 0) is 36.5 Å². The second-order valence-corrected chi connectivity index (χ2v) is 18.1. The molecule has 1 atom stereocenters. The van der Waals surface area contributed by atoms with Crippen molar-refractivity contribution in [3.63, 3.8) is 0 Å². The summed E-state index contributed by atoms with van der Waals surface area (Å²) in [4.78, 5) is 0. The Labute approximate surface area is 159 Å². The van der Waals surface area contributed by atoms with Crippen molar-refractivity contribution in [2.24, 2.45) is 0 Å². The van der Waals surface area contributed by atoms with Crippen molar-refractivity contribution >= 4 is 16.1 Å². The van der Waals surface area contributed by atoms with Crippen LogP contribution in [-0.4, -0.2) is 16.1 Å². The quantitative estimate of drug-likeness (QED) is 0.294. The Morgan fingerprint density at radius 3 is 1.72 bits per heavy atom. The standard InChI is InChI=1S/C23H40Si2/c1-7-24(8-2,9-3)21-20-23(25(10-4,11-5)12-6)19-18-22-16-14-13-15-17-22/h13-17,23H,7-12,18-19H2,1-6H3. The van der Waals surface area contributed by atoms with Crippen LogP contribution in [0, 0.1) is 11.5 Å². The Bertz CT molecular complexity index is 514. The zero-order valence-corrected chi connectivity index (χ0v) is 19.6. The molecule has 0 aliphatic carbocycles. The molecular weight excluding hydrogens is 332 g/mol. The summed E-state index contributed by atoms with van der Waals surface area (Å²) in [5, 5.41) is 0. The van der Waals surface area contributed by atoms with Crippen LogP contribution in [-0.2, 0) is 6.42 Å². The lowest BCUT2D eigenvalue weighted by atomic mass is 10.1. The van der Waals surface area contributed by atoms with Crippen LogP contribution in [0.3, 0.4) is 0 Å². The largest absolute Gasteiger partial charge is 0.137 e. The maximum atomic E-state index is 3.95. The van der Waals surface area contributed by atoms with Crippen molar-refractivity contribution in [3.8, 4) is 11.5 Å². The monoisotopic (exact) mass is 372 g/mol. The summed E-state index contributed by atoms with van der Waals surface area (Å²) >= 11 is 0. The summed E-state index contributed by atoms with van der Waals surface area (Å²) in [6, 6.07) is 19.1. The van der Waals surface area contributed by atoms with E-state index in [1.807, 2.05) is 0 Å². The molecule has 0 N–H and O–H groups in total. The summed E-state index contributed by atoms with van der Waals surface area (Å²) in [5.74, 6) is 3.95. The van der Waals surface area contributed by atoms with Crippen LogP contribution in [0.1, 0.15) is 53.5 Å². The summed E-state index contributed by atoms with van der Waals surface area (Å²) in [6.45, 7) is 14.4. The maximum Gasteiger partial charge on any atom is 0.137 e. The van der Waals surface area contributed by atoms with Gasteiger partial charge in [0.1, 0.15) is 8.07 Å². The third kappa shape index (κ3) is 5.86. The van der Waals surface area contributed by atoms with Gasteiger partial charge in [0.25, 0.3) is 0 Å². The van der Waals surface area contributed by atoms with E-state index in [1.54, 1.807) is 0 Å². The first-order chi connectivity index (χ1) is 12.0. The van der Waals surface area contributed by atoms with E-state index in [9.17, 15) is 0 Å². The minimum atomic E-state index is -1.34. The van der Waals surface area contributed by atoms with Crippen LogP contribution < -0.4 is 0 Å². The van der Waals surface area contributed by atoms with E-state index in [1.165, 1.54) is 54.7 Å². The van der Waals surface area contributed by atoms with Gasteiger partial charge in [0, 0.05) is 5.54 Å². The number of hydrogen-bond acceptors (Lipinski definition) is 0. The molecule has 2 heteroatoms. The molecule has 0 aliphatic heterocycles. The molecule has 0 amide bonds. The van der Waals surface area contributed by atoms with Gasteiger partial charge in [0.2, 0.25) is 0 Å². The van der Waals surface area contributed by atoms with Crippen molar-refractivity contribution in [1.82, 2.24) is 0 Å². The summed E-state index contributed by atoms with van der Waals surface area (Å²) in [7, 11) is -2.63. The number of aryl methyl sites for hydroxylation is 1. The summed E-state index contributed by atoms with van der Waals surface area (Å²) < 4.78 is 0. The Morgan fingerprint density at radius 2 is 1.28 bits per heavy atom. The van der Waals surface area contributed by atoms with E-state index in [4.69, 9.17) is 0 Å².